The van der Waals surface area contributed by atoms with Gasteiger partial charge in [0.05, 0.1) is 25.5 Å². The fraction of sp³-hybridized carbons (Fsp3) is 0.375. The monoisotopic (exact) mass is 439 g/mol. The van der Waals surface area contributed by atoms with Crippen molar-refractivity contribution in [1.82, 2.24) is 10.2 Å². The zero-order chi connectivity index (χ0) is 22.3. The van der Waals surface area contributed by atoms with Crippen molar-refractivity contribution in [3.8, 4) is 28.5 Å². The van der Waals surface area contributed by atoms with Crippen molar-refractivity contribution in [2.24, 2.45) is 0 Å². The number of nitrogens with one attached hydrogen (secondary N) is 2. The van der Waals surface area contributed by atoms with Gasteiger partial charge >= 0.3 is 0 Å². The Hall–Kier alpha value is -3.23. The Morgan fingerprint density at radius 3 is 2.47 bits per heavy atom. The molecule has 0 unspecified atom stereocenters. The summed E-state index contributed by atoms with van der Waals surface area (Å²) >= 11 is 0. The number of aromatic amines is 1. The third kappa shape index (κ3) is 4.81. The van der Waals surface area contributed by atoms with Crippen LogP contribution in [0, 0.1) is 0 Å². The van der Waals surface area contributed by atoms with Crippen LogP contribution in [0.15, 0.2) is 36.4 Å². The molecule has 170 valence electrons. The summed E-state index contributed by atoms with van der Waals surface area (Å²) in [5.74, 6) is 2.91. The molecule has 0 aliphatic heterocycles. The van der Waals surface area contributed by atoms with Gasteiger partial charge in [0.15, 0.2) is 11.5 Å². The van der Waals surface area contributed by atoms with Crippen molar-refractivity contribution in [1.29, 1.82) is 0 Å². The van der Waals surface area contributed by atoms with Crippen LogP contribution in [0.25, 0.3) is 11.3 Å². The van der Waals surface area contributed by atoms with Crippen LogP contribution in [-0.4, -0.2) is 53.4 Å². The lowest BCUT2D eigenvalue weighted by Crippen LogP contribution is -2.05. The summed E-state index contributed by atoms with van der Waals surface area (Å²) < 4.78 is 17.3. The number of H-pyrrole nitrogens is 1. The van der Waals surface area contributed by atoms with Crippen molar-refractivity contribution in [2.45, 2.75) is 26.2 Å². The zero-order valence-corrected chi connectivity index (χ0v) is 18.2. The molecule has 0 spiro atoms. The maximum absolute atomic E-state index is 9.07. The van der Waals surface area contributed by atoms with Crippen molar-refractivity contribution >= 4 is 11.5 Å². The number of fused-ring (bicyclic) bond motifs is 3. The number of aliphatic hydroxyl groups excluding tert-OH is 2. The van der Waals surface area contributed by atoms with E-state index in [-0.39, 0.29) is 13.2 Å². The SMILES string of the molecule is CCOc1cccc(Nc2[nH]nc3c2Cc2cc(OCCCO)c(OCCCO)cc2-3)c1. The number of nitrogens with zero attached hydrogens (tertiary/aromatic N) is 1. The first-order valence-electron chi connectivity index (χ1n) is 10.9. The van der Waals surface area contributed by atoms with E-state index in [1.54, 1.807) is 0 Å². The predicted molar refractivity (Wildman–Crippen MR) is 122 cm³/mol. The van der Waals surface area contributed by atoms with Gasteiger partial charge in [-0.1, -0.05) is 6.07 Å². The second-order valence-corrected chi connectivity index (χ2v) is 7.50. The molecule has 0 saturated heterocycles. The van der Waals surface area contributed by atoms with Crippen LogP contribution >= 0.6 is 0 Å². The molecule has 4 rings (SSSR count). The van der Waals surface area contributed by atoms with Crippen LogP contribution in [0.1, 0.15) is 30.9 Å². The van der Waals surface area contributed by atoms with Crippen LogP contribution in [0.2, 0.25) is 0 Å². The van der Waals surface area contributed by atoms with E-state index in [0.29, 0.717) is 50.6 Å². The van der Waals surface area contributed by atoms with Crippen LogP contribution in [0.5, 0.6) is 17.2 Å². The van der Waals surface area contributed by atoms with Gasteiger partial charge in [0.25, 0.3) is 0 Å². The molecule has 2 aromatic carbocycles. The van der Waals surface area contributed by atoms with Crippen LogP contribution in [-0.2, 0) is 6.42 Å². The summed E-state index contributed by atoms with van der Waals surface area (Å²) in [5.41, 5.74) is 4.99. The van der Waals surface area contributed by atoms with E-state index in [4.69, 9.17) is 24.4 Å². The number of rotatable bonds is 12. The summed E-state index contributed by atoms with van der Waals surface area (Å²) in [6.45, 7) is 3.50. The first kappa shape index (κ1) is 22.0. The molecule has 0 bridgehead atoms. The highest BCUT2D eigenvalue weighted by molar-refractivity contribution is 5.81. The Bertz CT molecular complexity index is 1050. The lowest BCUT2D eigenvalue weighted by molar-refractivity contribution is 0.211. The lowest BCUT2D eigenvalue weighted by atomic mass is 10.1. The number of anilines is 2. The minimum Gasteiger partial charge on any atom is -0.494 e. The normalized spacial score (nSPS) is 11.7. The number of aliphatic hydroxyl groups is 2. The molecule has 0 atom stereocenters. The van der Waals surface area contributed by atoms with Gasteiger partial charge in [0.2, 0.25) is 0 Å². The molecular weight excluding hydrogens is 410 g/mol. The van der Waals surface area contributed by atoms with Crippen molar-refractivity contribution in [3.05, 3.63) is 47.5 Å². The van der Waals surface area contributed by atoms with E-state index >= 15 is 0 Å². The fourth-order valence-electron chi connectivity index (χ4n) is 3.72. The molecule has 32 heavy (non-hydrogen) atoms. The van der Waals surface area contributed by atoms with E-state index in [2.05, 4.69) is 15.5 Å². The number of ether oxygens (including phenoxy) is 3. The van der Waals surface area contributed by atoms with Crippen LogP contribution in [0.4, 0.5) is 11.5 Å². The molecule has 0 radical (unpaired) electrons. The molecule has 1 heterocycles. The third-order valence-corrected chi connectivity index (χ3v) is 5.19. The van der Waals surface area contributed by atoms with E-state index in [9.17, 15) is 0 Å². The van der Waals surface area contributed by atoms with E-state index in [0.717, 1.165) is 39.6 Å². The number of aromatic nitrogens is 2. The second kappa shape index (κ2) is 10.4. The largest absolute Gasteiger partial charge is 0.494 e. The van der Waals surface area contributed by atoms with Gasteiger partial charge in [-0.2, -0.15) is 5.10 Å². The second-order valence-electron chi connectivity index (χ2n) is 7.50. The van der Waals surface area contributed by atoms with E-state index in [1.165, 1.54) is 0 Å². The van der Waals surface area contributed by atoms with E-state index < -0.39 is 0 Å². The molecule has 1 aromatic heterocycles. The molecule has 0 fully saturated rings. The molecule has 3 aromatic rings. The quantitative estimate of drug-likeness (QED) is 0.250. The molecule has 4 N–H and O–H groups in total. The maximum atomic E-state index is 9.07. The lowest BCUT2D eigenvalue weighted by Gasteiger charge is -2.14. The number of hydrogen-bond donors (Lipinski definition) is 4. The number of hydrogen-bond acceptors (Lipinski definition) is 7. The molecular formula is C24H29N3O5. The summed E-state index contributed by atoms with van der Waals surface area (Å²) in [6.07, 6.45) is 1.79. The Kier molecular flexibility index (Phi) is 7.14. The van der Waals surface area contributed by atoms with Gasteiger partial charge in [-0.3, -0.25) is 5.10 Å². The topological polar surface area (TPSA) is 109 Å². The van der Waals surface area contributed by atoms with Crippen LogP contribution in [0.3, 0.4) is 0 Å². The highest BCUT2D eigenvalue weighted by atomic mass is 16.5. The average Bonchev–Trinajstić information content (AvgIpc) is 3.34. The molecule has 8 nitrogen and oxygen atoms in total. The molecule has 0 saturated carbocycles. The summed E-state index contributed by atoms with van der Waals surface area (Å²) in [5, 5.41) is 29.2. The highest BCUT2D eigenvalue weighted by Gasteiger charge is 2.27. The Morgan fingerprint density at radius 2 is 1.75 bits per heavy atom. The van der Waals surface area contributed by atoms with Crippen molar-refractivity contribution in [3.63, 3.8) is 0 Å². The summed E-state index contributed by atoms with van der Waals surface area (Å²) in [4.78, 5) is 0. The molecule has 1 aliphatic rings. The predicted octanol–water partition coefficient (Wildman–Crippen LogP) is 3.65. The average molecular weight is 440 g/mol. The Balaban J connectivity index is 1.58. The highest BCUT2D eigenvalue weighted by Crippen LogP contribution is 2.44. The van der Waals surface area contributed by atoms with Gasteiger partial charge in [0.1, 0.15) is 11.6 Å². The smallest absolute Gasteiger partial charge is 0.161 e. The molecule has 8 heteroatoms. The van der Waals surface area contributed by atoms with Crippen molar-refractivity contribution in [2.75, 3.05) is 38.4 Å². The number of benzene rings is 2. The first-order valence-corrected chi connectivity index (χ1v) is 10.9. The van der Waals surface area contributed by atoms with Gasteiger partial charge in [-0.15, -0.1) is 0 Å². The Morgan fingerprint density at radius 1 is 1.00 bits per heavy atom. The van der Waals surface area contributed by atoms with Crippen molar-refractivity contribution < 1.29 is 24.4 Å². The fourth-order valence-corrected chi connectivity index (χ4v) is 3.72. The first-order chi connectivity index (χ1) is 15.7. The zero-order valence-electron chi connectivity index (χ0n) is 18.2. The maximum Gasteiger partial charge on any atom is 0.161 e. The summed E-state index contributed by atoms with van der Waals surface area (Å²) in [7, 11) is 0. The Labute approximate surface area is 187 Å². The van der Waals surface area contributed by atoms with E-state index in [1.807, 2.05) is 43.3 Å². The molecule has 0 amide bonds. The minimum atomic E-state index is 0.0642. The van der Waals surface area contributed by atoms with Crippen LogP contribution < -0.4 is 19.5 Å². The summed E-state index contributed by atoms with van der Waals surface area (Å²) in [6, 6.07) is 11.8. The minimum absolute atomic E-state index is 0.0642. The standard InChI is InChI=1S/C24H29N3O5/c1-2-30-18-7-3-6-17(14-18)25-24-20-12-16-13-21(31-10-4-8-28)22(32-11-5-9-29)15-19(16)23(20)26-27-24/h3,6-7,13-15,28-29H,2,4-5,8-12H2,1H3,(H2,25,26,27). The van der Waals surface area contributed by atoms with Gasteiger partial charge in [0, 0.05) is 55.4 Å². The van der Waals surface area contributed by atoms with Gasteiger partial charge < -0.3 is 29.7 Å². The van der Waals surface area contributed by atoms with Gasteiger partial charge in [-0.25, -0.2) is 0 Å². The third-order valence-electron chi connectivity index (χ3n) is 5.19. The molecule has 1 aliphatic carbocycles. The van der Waals surface area contributed by atoms with Gasteiger partial charge in [-0.05, 0) is 36.8 Å².